The Morgan fingerprint density at radius 2 is 0.932 bits per heavy atom. The van der Waals surface area contributed by atoms with E-state index in [1.54, 1.807) is 6.08 Å². The summed E-state index contributed by atoms with van der Waals surface area (Å²) >= 11 is 0. The fourth-order valence-corrected chi connectivity index (χ4v) is 6.60. The number of aliphatic hydroxyl groups is 1. The number of rotatable bonds is 34. The Morgan fingerprint density at radius 3 is 1.30 bits per heavy atom. The van der Waals surface area contributed by atoms with Crippen LogP contribution in [0.2, 0.25) is 0 Å². The number of allylic oxidation sites excluding steroid dienone is 1. The predicted octanol–water partition coefficient (Wildman–Crippen LogP) is 10.6. The zero-order chi connectivity index (χ0) is 32.6. The minimum Gasteiger partial charge on any atom is -0.387 e. The van der Waals surface area contributed by atoms with E-state index >= 15 is 0 Å². The maximum Gasteiger partial charge on any atom is 0.267 e. The van der Waals surface area contributed by atoms with Gasteiger partial charge in [-0.15, -0.1) is 0 Å². The van der Waals surface area contributed by atoms with Crippen molar-refractivity contribution in [2.45, 2.75) is 212 Å². The minimum absolute atomic E-state index is 0.276. The van der Waals surface area contributed by atoms with E-state index < -0.39 is 28.0 Å². The molecule has 0 fully saturated rings. The van der Waals surface area contributed by atoms with E-state index in [0.29, 0.717) is 6.42 Å². The van der Waals surface area contributed by atoms with Crippen LogP contribution in [0.4, 0.5) is 0 Å². The van der Waals surface area contributed by atoms with Gasteiger partial charge in [0.2, 0.25) is 5.91 Å². The quantitative estimate of drug-likeness (QED) is 0.0368. The summed E-state index contributed by atoms with van der Waals surface area (Å²) in [6.45, 7) is 4.51. The van der Waals surface area contributed by atoms with Gasteiger partial charge in [-0.1, -0.05) is 187 Å². The lowest BCUT2D eigenvalue weighted by molar-refractivity contribution is -0.122. The van der Waals surface area contributed by atoms with Crippen LogP contribution in [-0.4, -0.2) is 41.9 Å². The number of unbranched alkanes of at least 4 members (excludes halogenated alkanes) is 26. The van der Waals surface area contributed by atoms with Gasteiger partial charge in [-0.25, -0.2) is 0 Å². The molecule has 0 aliphatic carbocycles. The smallest absolute Gasteiger partial charge is 0.267 e. The molecule has 0 aromatic heterocycles. The Kier molecular flexibility index (Phi) is 31.4. The van der Waals surface area contributed by atoms with E-state index in [9.17, 15) is 22.9 Å². The van der Waals surface area contributed by atoms with E-state index in [2.05, 4.69) is 19.2 Å². The third-order valence-corrected chi connectivity index (χ3v) is 9.49. The molecule has 0 aliphatic heterocycles. The van der Waals surface area contributed by atoms with Crippen LogP contribution in [0, 0.1) is 0 Å². The summed E-state index contributed by atoms with van der Waals surface area (Å²) in [6, 6.07) is -1.05. The number of hydrogen-bond donors (Lipinski definition) is 3. The van der Waals surface area contributed by atoms with Gasteiger partial charge in [0, 0.05) is 6.42 Å². The molecule has 0 heterocycles. The van der Waals surface area contributed by atoms with Crippen LogP contribution in [0.25, 0.3) is 0 Å². The van der Waals surface area contributed by atoms with Crippen molar-refractivity contribution in [3.8, 4) is 0 Å². The molecule has 0 bridgehead atoms. The molecule has 2 unspecified atom stereocenters. The topological polar surface area (TPSA) is 104 Å². The summed E-state index contributed by atoms with van der Waals surface area (Å²) in [5.74, 6) is -0.969. The maximum absolute atomic E-state index is 12.5. The molecule has 0 aromatic carbocycles. The fraction of sp³-hybridized carbons (Fsp3) is 0.919. The first-order valence-electron chi connectivity index (χ1n) is 18.9. The number of nitrogens with one attached hydrogen (secondary N) is 1. The monoisotopic (exact) mass is 644 g/mol. The second-order valence-electron chi connectivity index (χ2n) is 13.2. The Morgan fingerprint density at radius 1 is 0.591 bits per heavy atom. The largest absolute Gasteiger partial charge is 0.387 e. The van der Waals surface area contributed by atoms with Crippen LogP contribution in [0.5, 0.6) is 0 Å². The van der Waals surface area contributed by atoms with E-state index in [-0.39, 0.29) is 5.91 Å². The molecular formula is C37H73NO5S. The third kappa shape index (κ3) is 32.5. The van der Waals surface area contributed by atoms with Crippen molar-refractivity contribution in [1.82, 2.24) is 5.32 Å². The third-order valence-electron chi connectivity index (χ3n) is 8.71. The summed E-state index contributed by atoms with van der Waals surface area (Å²) in [5.41, 5.74) is 0. The number of aliphatic hydroxyl groups excluding tert-OH is 1. The lowest BCUT2D eigenvalue weighted by Gasteiger charge is -2.21. The Balaban J connectivity index is 3.94. The Hall–Kier alpha value is -0.920. The van der Waals surface area contributed by atoms with Gasteiger partial charge >= 0.3 is 0 Å². The second kappa shape index (κ2) is 32.0. The SMILES string of the molecule is CCCCCCCCCCCCCC/C=C/C(O)C(CS(=O)(=O)O)NC(=O)CCCCCCCCCCCCCCCCC. The van der Waals surface area contributed by atoms with Gasteiger partial charge < -0.3 is 10.4 Å². The van der Waals surface area contributed by atoms with E-state index in [1.165, 1.54) is 141 Å². The van der Waals surface area contributed by atoms with Gasteiger partial charge in [-0.05, 0) is 19.3 Å². The highest BCUT2D eigenvalue weighted by Gasteiger charge is 2.24. The van der Waals surface area contributed by atoms with Crippen molar-refractivity contribution in [2.24, 2.45) is 0 Å². The molecule has 0 radical (unpaired) electrons. The first-order chi connectivity index (χ1) is 21.3. The first-order valence-corrected chi connectivity index (χ1v) is 20.5. The fourth-order valence-electron chi connectivity index (χ4n) is 5.86. The van der Waals surface area contributed by atoms with Crippen LogP contribution < -0.4 is 5.32 Å². The van der Waals surface area contributed by atoms with Gasteiger partial charge in [0.15, 0.2) is 0 Å². The number of carbonyl (C=O) groups is 1. The van der Waals surface area contributed by atoms with Crippen LogP contribution in [-0.2, 0) is 14.9 Å². The molecule has 1 amide bonds. The molecule has 0 rings (SSSR count). The van der Waals surface area contributed by atoms with Crippen molar-refractivity contribution in [3.05, 3.63) is 12.2 Å². The van der Waals surface area contributed by atoms with E-state index in [4.69, 9.17) is 0 Å². The van der Waals surface area contributed by atoms with Gasteiger partial charge in [-0.3, -0.25) is 9.35 Å². The average Bonchev–Trinajstić information content (AvgIpc) is 2.98. The molecule has 2 atom stereocenters. The molecule has 6 nitrogen and oxygen atoms in total. The number of amides is 1. The zero-order valence-corrected chi connectivity index (χ0v) is 29.9. The highest BCUT2D eigenvalue weighted by molar-refractivity contribution is 7.85. The minimum atomic E-state index is -4.33. The summed E-state index contributed by atoms with van der Waals surface area (Å²) < 4.78 is 32.4. The first kappa shape index (κ1) is 43.1. The van der Waals surface area contributed by atoms with Crippen molar-refractivity contribution in [3.63, 3.8) is 0 Å². The van der Waals surface area contributed by atoms with Gasteiger partial charge in [0.1, 0.15) is 0 Å². The lowest BCUT2D eigenvalue weighted by Crippen LogP contribution is -2.46. The van der Waals surface area contributed by atoms with Gasteiger partial charge in [0.25, 0.3) is 10.1 Å². The van der Waals surface area contributed by atoms with Gasteiger partial charge in [-0.2, -0.15) is 8.42 Å². The molecule has 262 valence electrons. The Bertz CT molecular complexity index is 755. The molecular weight excluding hydrogens is 570 g/mol. The molecule has 0 spiro atoms. The highest BCUT2D eigenvalue weighted by atomic mass is 32.2. The maximum atomic E-state index is 12.5. The molecule has 3 N–H and O–H groups in total. The summed E-state index contributed by atoms with van der Waals surface area (Å²) in [5, 5.41) is 13.2. The number of carbonyl (C=O) groups excluding carboxylic acids is 1. The molecule has 0 aromatic rings. The van der Waals surface area contributed by atoms with Crippen LogP contribution in [0.3, 0.4) is 0 Å². The summed E-state index contributed by atoms with van der Waals surface area (Å²) in [6.07, 6.45) is 37.6. The molecule has 7 heteroatoms. The van der Waals surface area contributed by atoms with Gasteiger partial charge in [0.05, 0.1) is 17.9 Å². The Labute approximate surface area is 273 Å². The van der Waals surface area contributed by atoms with E-state index in [0.717, 1.165) is 38.5 Å². The summed E-state index contributed by atoms with van der Waals surface area (Å²) in [4.78, 5) is 12.5. The standard InChI is InChI=1S/C37H73NO5S/c1-3-5-7-9-11-13-15-17-19-21-23-25-27-29-31-33-37(40)38-35(34-44(41,42)43)36(39)32-30-28-26-24-22-20-18-16-14-12-10-8-6-4-2/h30,32,35-36,39H,3-29,31,33-34H2,1-2H3,(H,38,40)(H,41,42,43)/b32-30+. The summed E-state index contributed by atoms with van der Waals surface area (Å²) in [7, 11) is -4.33. The number of hydrogen-bond acceptors (Lipinski definition) is 4. The van der Waals surface area contributed by atoms with Crippen molar-refractivity contribution < 1.29 is 22.9 Å². The molecule has 0 saturated carbocycles. The predicted molar refractivity (Wildman–Crippen MR) is 189 cm³/mol. The highest BCUT2D eigenvalue weighted by Crippen LogP contribution is 2.15. The van der Waals surface area contributed by atoms with Crippen LogP contribution >= 0.6 is 0 Å². The van der Waals surface area contributed by atoms with Crippen molar-refractivity contribution in [1.29, 1.82) is 0 Å². The molecule has 0 saturated heterocycles. The lowest BCUT2D eigenvalue weighted by atomic mass is 10.0. The molecule has 44 heavy (non-hydrogen) atoms. The average molecular weight is 644 g/mol. The van der Waals surface area contributed by atoms with Crippen molar-refractivity contribution >= 4 is 16.0 Å². The zero-order valence-electron chi connectivity index (χ0n) is 29.1. The van der Waals surface area contributed by atoms with Crippen molar-refractivity contribution in [2.75, 3.05) is 5.75 Å². The molecule has 0 aliphatic rings. The van der Waals surface area contributed by atoms with Crippen LogP contribution in [0.1, 0.15) is 200 Å². The normalized spacial score (nSPS) is 13.5. The van der Waals surface area contributed by atoms with Crippen LogP contribution in [0.15, 0.2) is 12.2 Å². The van der Waals surface area contributed by atoms with E-state index in [1.807, 2.05) is 6.08 Å². The second-order valence-corrected chi connectivity index (χ2v) is 14.7.